The summed E-state index contributed by atoms with van der Waals surface area (Å²) in [6, 6.07) is 0. The van der Waals surface area contributed by atoms with Gasteiger partial charge in [-0.25, -0.2) is 0 Å². The van der Waals surface area contributed by atoms with Crippen LogP contribution in [0.15, 0.2) is 4.99 Å². The van der Waals surface area contributed by atoms with Crippen molar-refractivity contribution in [1.82, 2.24) is 0 Å². The molecule has 0 rings (SSSR count). The summed E-state index contributed by atoms with van der Waals surface area (Å²) < 4.78 is 0. The Morgan fingerprint density at radius 1 is 1.27 bits per heavy atom. The lowest BCUT2D eigenvalue weighted by atomic mass is 9.84. The molecule has 0 aromatic rings. The van der Waals surface area contributed by atoms with E-state index in [0.29, 0.717) is 5.92 Å². The highest BCUT2D eigenvalue weighted by Gasteiger charge is 2.15. The number of rotatable bonds is 4. The second-order valence-electron chi connectivity index (χ2n) is 3.58. The molecule has 1 nitrogen and oxygen atoms in total. The van der Waals surface area contributed by atoms with Gasteiger partial charge in [-0.05, 0) is 24.2 Å². The molecule has 0 aromatic carbocycles. The largest absolute Gasteiger partial charge is 0.301 e. The predicted molar refractivity (Wildman–Crippen MR) is 52.2 cm³/mol. The fraction of sp³-hybridized carbons (Fsp3) is 0.900. The van der Waals surface area contributed by atoms with Crippen LogP contribution >= 0.6 is 0 Å². The van der Waals surface area contributed by atoms with Gasteiger partial charge < -0.3 is 4.99 Å². The third kappa shape index (κ3) is 3.54. The monoisotopic (exact) mass is 155 g/mol. The van der Waals surface area contributed by atoms with Gasteiger partial charge in [-0.2, -0.15) is 0 Å². The van der Waals surface area contributed by atoms with Crippen LogP contribution in [0.1, 0.15) is 34.1 Å². The van der Waals surface area contributed by atoms with Crippen molar-refractivity contribution >= 4 is 6.21 Å². The third-order valence-electron chi connectivity index (χ3n) is 2.54. The second-order valence-corrected chi connectivity index (χ2v) is 3.58. The summed E-state index contributed by atoms with van der Waals surface area (Å²) >= 11 is 0. The van der Waals surface area contributed by atoms with Crippen molar-refractivity contribution in [2.24, 2.45) is 22.7 Å². The van der Waals surface area contributed by atoms with Crippen LogP contribution in [-0.4, -0.2) is 13.3 Å². The Hall–Kier alpha value is -0.330. The van der Waals surface area contributed by atoms with Gasteiger partial charge in [-0.1, -0.05) is 27.7 Å². The van der Waals surface area contributed by atoms with E-state index in [1.165, 1.54) is 6.42 Å². The zero-order valence-corrected chi connectivity index (χ0v) is 8.46. The Bertz CT molecular complexity index is 116. The normalized spacial score (nSPS) is 17.6. The van der Waals surface area contributed by atoms with E-state index in [0.717, 1.165) is 11.8 Å². The van der Waals surface area contributed by atoms with Crippen LogP contribution in [0.2, 0.25) is 0 Å². The van der Waals surface area contributed by atoms with Gasteiger partial charge in [0.2, 0.25) is 0 Å². The first-order valence-corrected chi connectivity index (χ1v) is 4.55. The highest BCUT2D eigenvalue weighted by molar-refractivity contribution is 5.60. The minimum absolute atomic E-state index is 0.667. The molecule has 0 saturated heterocycles. The van der Waals surface area contributed by atoms with Gasteiger partial charge >= 0.3 is 0 Å². The molecule has 0 spiro atoms. The molecule has 0 aromatic heterocycles. The molecule has 11 heavy (non-hydrogen) atoms. The van der Waals surface area contributed by atoms with Gasteiger partial charge in [0.05, 0.1) is 0 Å². The number of aliphatic imine (C=N–C) groups is 1. The maximum absolute atomic E-state index is 4.09. The van der Waals surface area contributed by atoms with Crippen LogP contribution in [0, 0.1) is 17.8 Å². The van der Waals surface area contributed by atoms with E-state index in [1.54, 1.807) is 0 Å². The maximum atomic E-state index is 4.09. The van der Waals surface area contributed by atoms with Gasteiger partial charge in [-0.3, -0.25) is 0 Å². The van der Waals surface area contributed by atoms with E-state index in [1.807, 2.05) is 7.05 Å². The lowest BCUT2D eigenvalue weighted by molar-refractivity contribution is 0.338. The highest BCUT2D eigenvalue weighted by atomic mass is 14.6. The van der Waals surface area contributed by atoms with Crippen molar-refractivity contribution in [2.75, 3.05) is 7.05 Å². The Morgan fingerprint density at radius 2 is 1.82 bits per heavy atom. The molecule has 0 saturated carbocycles. The van der Waals surface area contributed by atoms with E-state index in [9.17, 15) is 0 Å². The molecule has 0 N–H and O–H groups in total. The van der Waals surface area contributed by atoms with E-state index in [4.69, 9.17) is 0 Å². The Balaban J connectivity index is 4.02. The van der Waals surface area contributed by atoms with Crippen LogP contribution in [0.5, 0.6) is 0 Å². The summed E-state index contributed by atoms with van der Waals surface area (Å²) in [6.45, 7) is 9.08. The molecule has 0 aliphatic rings. The number of hydrogen-bond acceptors (Lipinski definition) is 1. The summed E-state index contributed by atoms with van der Waals surface area (Å²) in [5.41, 5.74) is 0. The number of nitrogens with zero attached hydrogens (tertiary/aromatic N) is 1. The Morgan fingerprint density at radius 3 is 2.09 bits per heavy atom. The Labute approximate surface area is 70.9 Å². The molecule has 0 aliphatic carbocycles. The first-order chi connectivity index (χ1) is 5.13. The van der Waals surface area contributed by atoms with E-state index in [-0.39, 0.29) is 0 Å². The summed E-state index contributed by atoms with van der Waals surface area (Å²) in [4.78, 5) is 4.09. The van der Waals surface area contributed by atoms with Crippen molar-refractivity contribution in [1.29, 1.82) is 0 Å². The van der Waals surface area contributed by atoms with Crippen molar-refractivity contribution in [3.63, 3.8) is 0 Å². The van der Waals surface area contributed by atoms with Gasteiger partial charge in [-0.15, -0.1) is 0 Å². The zero-order valence-electron chi connectivity index (χ0n) is 8.46. The first-order valence-electron chi connectivity index (χ1n) is 4.55. The van der Waals surface area contributed by atoms with Crippen molar-refractivity contribution < 1.29 is 0 Å². The highest BCUT2D eigenvalue weighted by Crippen LogP contribution is 2.21. The second kappa shape index (κ2) is 5.34. The molecule has 1 heteroatoms. The van der Waals surface area contributed by atoms with Crippen LogP contribution in [0.3, 0.4) is 0 Å². The summed E-state index contributed by atoms with van der Waals surface area (Å²) in [5, 5.41) is 0. The lowest BCUT2D eigenvalue weighted by Crippen LogP contribution is -2.17. The van der Waals surface area contributed by atoms with Crippen LogP contribution in [0.4, 0.5) is 0 Å². The van der Waals surface area contributed by atoms with Crippen LogP contribution in [-0.2, 0) is 0 Å². The molecular weight excluding hydrogens is 134 g/mol. The van der Waals surface area contributed by atoms with E-state index >= 15 is 0 Å². The molecule has 0 amide bonds. The smallest absolute Gasteiger partial charge is 0.0273 e. The van der Waals surface area contributed by atoms with Crippen molar-refractivity contribution in [2.45, 2.75) is 34.1 Å². The maximum Gasteiger partial charge on any atom is 0.0273 e. The molecule has 0 aliphatic heterocycles. The number of hydrogen-bond donors (Lipinski definition) is 0. The Kier molecular flexibility index (Phi) is 5.18. The van der Waals surface area contributed by atoms with E-state index in [2.05, 4.69) is 38.9 Å². The molecule has 1 unspecified atom stereocenters. The minimum Gasteiger partial charge on any atom is -0.301 e. The first kappa shape index (κ1) is 10.7. The lowest BCUT2D eigenvalue weighted by Gasteiger charge is -2.22. The van der Waals surface area contributed by atoms with Gasteiger partial charge in [0.25, 0.3) is 0 Å². The molecule has 0 heterocycles. The summed E-state index contributed by atoms with van der Waals surface area (Å²) in [6.07, 6.45) is 3.29. The van der Waals surface area contributed by atoms with E-state index < -0.39 is 0 Å². The fourth-order valence-corrected chi connectivity index (χ4v) is 1.30. The fourth-order valence-electron chi connectivity index (χ4n) is 1.30. The third-order valence-corrected chi connectivity index (χ3v) is 2.54. The molecular formula is C10H21N. The molecule has 2 atom stereocenters. The van der Waals surface area contributed by atoms with Crippen LogP contribution in [0.25, 0.3) is 0 Å². The van der Waals surface area contributed by atoms with Gasteiger partial charge in [0.15, 0.2) is 0 Å². The van der Waals surface area contributed by atoms with Gasteiger partial charge in [0.1, 0.15) is 0 Å². The standard InChI is InChI=1S/C10H21N/c1-6-10(7-11-5)9(4)8(2)3/h7-10H,6H2,1-5H3/b11-7-/t9?,10-/m1/s1. The molecule has 0 radical (unpaired) electrons. The molecule has 0 bridgehead atoms. The SMILES string of the molecule is CC[C@H](/C=N\C)C(C)C(C)C. The summed E-state index contributed by atoms with van der Waals surface area (Å²) in [7, 11) is 1.86. The van der Waals surface area contributed by atoms with Gasteiger partial charge in [0, 0.05) is 13.3 Å². The zero-order chi connectivity index (χ0) is 8.85. The molecule has 0 fully saturated rings. The van der Waals surface area contributed by atoms with Crippen molar-refractivity contribution in [3.8, 4) is 0 Å². The average molecular weight is 155 g/mol. The minimum atomic E-state index is 0.667. The quantitative estimate of drug-likeness (QED) is 0.553. The molecule has 66 valence electrons. The van der Waals surface area contributed by atoms with Crippen LogP contribution < -0.4 is 0 Å². The topological polar surface area (TPSA) is 12.4 Å². The van der Waals surface area contributed by atoms with Crippen molar-refractivity contribution in [3.05, 3.63) is 0 Å². The predicted octanol–water partition coefficient (Wildman–Crippen LogP) is 3.01. The average Bonchev–Trinajstić information content (AvgIpc) is 1.98. The summed E-state index contributed by atoms with van der Waals surface area (Å²) in [5.74, 6) is 2.18.